The number of hydrogen-bond acceptors (Lipinski definition) is 10. The summed E-state index contributed by atoms with van der Waals surface area (Å²) in [6.45, 7) is 9.67. The number of anilines is 1. The van der Waals surface area contributed by atoms with Gasteiger partial charge < -0.3 is 25.4 Å². The second-order valence-electron chi connectivity index (χ2n) is 12.2. The molecule has 1 fully saturated rings. The van der Waals surface area contributed by atoms with E-state index in [1.807, 2.05) is 13.8 Å². The first kappa shape index (κ1) is 34.1. The third-order valence-corrected chi connectivity index (χ3v) is 8.00. The predicted molar refractivity (Wildman–Crippen MR) is 155 cm³/mol. The molecular formula is C28H42N4O10S. The monoisotopic (exact) mass is 626 g/mol. The smallest absolute Gasteiger partial charge is 0.414 e. The fourth-order valence-corrected chi connectivity index (χ4v) is 5.90. The van der Waals surface area contributed by atoms with Gasteiger partial charge in [-0.2, -0.15) is 8.42 Å². The number of carbonyl (C=O) groups excluding carboxylic acids is 4. The van der Waals surface area contributed by atoms with Crippen LogP contribution in [0.5, 0.6) is 0 Å². The fourth-order valence-electron chi connectivity index (χ4n) is 5.13. The summed E-state index contributed by atoms with van der Waals surface area (Å²) in [4.78, 5) is 52.8. The first-order valence-electron chi connectivity index (χ1n) is 14.3. The molecule has 240 valence electrons. The molecule has 2 aliphatic rings. The van der Waals surface area contributed by atoms with E-state index < -0.39 is 63.7 Å². The van der Waals surface area contributed by atoms with Crippen LogP contribution in [0.25, 0.3) is 0 Å². The number of nitrogens with zero attached hydrogens (tertiary/aromatic N) is 1. The van der Waals surface area contributed by atoms with Gasteiger partial charge in [-0.1, -0.05) is 32.0 Å². The summed E-state index contributed by atoms with van der Waals surface area (Å²) in [7, 11) is -4.40. The highest BCUT2D eigenvalue weighted by molar-refractivity contribution is 7.86. The van der Waals surface area contributed by atoms with Crippen LogP contribution in [-0.2, 0) is 33.5 Å². The molecule has 2 unspecified atom stereocenters. The summed E-state index contributed by atoms with van der Waals surface area (Å²) in [5.74, 6) is -2.29. The van der Waals surface area contributed by atoms with Gasteiger partial charge in [0.25, 0.3) is 10.1 Å². The Hall–Kier alpha value is -3.43. The summed E-state index contributed by atoms with van der Waals surface area (Å²) in [5.41, 5.74) is 0.454. The molecule has 4 amide bonds. The number of fused-ring (bicyclic) bond motifs is 1. The normalized spacial score (nSPS) is 20.1. The van der Waals surface area contributed by atoms with Crippen molar-refractivity contribution in [1.29, 1.82) is 0 Å². The van der Waals surface area contributed by atoms with Crippen LogP contribution in [0, 0.1) is 11.8 Å². The molecule has 4 atom stereocenters. The summed E-state index contributed by atoms with van der Waals surface area (Å²) < 4.78 is 38.8. The third-order valence-electron chi connectivity index (χ3n) is 6.97. The maximum Gasteiger partial charge on any atom is 0.414 e. The van der Waals surface area contributed by atoms with Crippen LogP contribution in [0.15, 0.2) is 24.3 Å². The van der Waals surface area contributed by atoms with Gasteiger partial charge in [-0.15, -0.1) is 4.33 Å². The quantitative estimate of drug-likeness (QED) is 0.210. The maximum absolute atomic E-state index is 13.3. The van der Waals surface area contributed by atoms with E-state index in [0.717, 1.165) is 0 Å². The Bertz CT molecular complexity index is 1280. The molecule has 0 bridgehead atoms. The second kappa shape index (κ2) is 14.4. The van der Waals surface area contributed by atoms with Crippen LogP contribution in [0.2, 0.25) is 0 Å². The highest BCUT2D eigenvalue weighted by Gasteiger charge is 2.35. The van der Waals surface area contributed by atoms with E-state index in [2.05, 4.69) is 20.3 Å². The summed E-state index contributed by atoms with van der Waals surface area (Å²) in [6, 6.07) is 4.83. The molecule has 1 aromatic rings. The molecule has 4 N–H and O–H groups in total. The van der Waals surface area contributed by atoms with Crippen molar-refractivity contribution in [2.45, 2.75) is 84.1 Å². The number of nitrogens with one attached hydrogen (secondary N) is 3. The molecule has 0 radical (unpaired) electrons. The van der Waals surface area contributed by atoms with Crippen LogP contribution in [-0.4, -0.2) is 74.2 Å². The molecule has 43 heavy (non-hydrogen) atoms. The number of amides is 4. The maximum atomic E-state index is 13.3. The summed E-state index contributed by atoms with van der Waals surface area (Å²) in [6.07, 6.45) is -1.16. The van der Waals surface area contributed by atoms with Crippen LogP contribution >= 0.6 is 0 Å². The highest BCUT2D eigenvalue weighted by Crippen LogP contribution is 2.36. The molecular weight excluding hydrogens is 584 g/mol. The number of ether oxygens (including phenoxy) is 2. The Kier molecular flexibility index (Phi) is 11.4. The van der Waals surface area contributed by atoms with E-state index in [1.165, 1.54) is 4.90 Å². The van der Waals surface area contributed by atoms with E-state index in [-0.39, 0.29) is 37.6 Å². The minimum Gasteiger partial charge on any atom is -0.443 e. The Morgan fingerprint density at radius 3 is 2.44 bits per heavy atom. The standard InChI is InChI=1S/C28H42N4O10S/c1-17(2)14-21(25(34)30-19(16-43(38,39)42-37)15-18-10-12-29-24(18)33)31-26(35)40-23-11-13-32(27(36)41-28(3,4)5)22-9-7-6-8-20(22)23/h6-9,17-19,21,23,37H,10-16H2,1-5H3,(H,29,33)(H,30,34)(H,31,35)/t18?,19-,21-,23?/m0/s1. The number of para-hydroxylation sites is 1. The largest absolute Gasteiger partial charge is 0.443 e. The average molecular weight is 627 g/mol. The van der Waals surface area contributed by atoms with Crippen molar-refractivity contribution >= 4 is 39.8 Å². The van der Waals surface area contributed by atoms with Gasteiger partial charge in [-0.05, 0) is 52.0 Å². The van der Waals surface area contributed by atoms with Crippen molar-refractivity contribution in [3.63, 3.8) is 0 Å². The zero-order valence-corrected chi connectivity index (χ0v) is 25.9. The van der Waals surface area contributed by atoms with Gasteiger partial charge in [0.1, 0.15) is 17.7 Å². The number of carbonyl (C=O) groups is 4. The molecule has 0 saturated carbocycles. The van der Waals surface area contributed by atoms with Gasteiger partial charge >= 0.3 is 12.2 Å². The molecule has 0 aromatic heterocycles. The van der Waals surface area contributed by atoms with Gasteiger partial charge in [0.05, 0.1) is 11.4 Å². The molecule has 2 aliphatic heterocycles. The first-order valence-corrected chi connectivity index (χ1v) is 15.9. The minimum absolute atomic E-state index is 0.00792. The number of benzene rings is 1. The van der Waals surface area contributed by atoms with Crippen molar-refractivity contribution in [2.75, 3.05) is 23.7 Å². The summed E-state index contributed by atoms with van der Waals surface area (Å²) in [5, 5.41) is 16.6. The lowest BCUT2D eigenvalue weighted by molar-refractivity contribution is -0.131. The Morgan fingerprint density at radius 1 is 1.14 bits per heavy atom. The Labute approximate surface area is 251 Å². The van der Waals surface area contributed by atoms with Crippen molar-refractivity contribution < 1.29 is 46.7 Å². The lowest BCUT2D eigenvalue weighted by Gasteiger charge is -2.35. The van der Waals surface area contributed by atoms with Crippen LogP contribution in [0.4, 0.5) is 15.3 Å². The van der Waals surface area contributed by atoms with E-state index in [0.29, 0.717) is 24.2 Å². The van der Waals surface area contributed by atoms with Gasteiger partial charge in [0.2, 0.25) is 11.8 Å². The minimum atomic E-state index is -4.40. The van der Waals surface area contributed by atoms with Crippen molar-refractivity contribution in [3.8, 4) is 0 Å². The van der Waals surface area contributed by atoms with Crippen molar-refractivity contribution in [1.82, 2.24) is 16.0 Å². The average Bonchev–Trinajstić information content (AvgIpc) is 3.30. The number of hydrogen-bond donors (Lipinski definition) is 4. The second-order valence-corrected chi connectivity index (χ2v) is 13.8. The van der Waals surface area contributed by atoms with Crippen LogP contribution in [0.1, 0.15) is 72.0 Å². The SMILES string of the molecule is CC(C)C[C@H](NC(=O)OC1CCN(C(=O)OC(C)(C)C)c2ccccc21)C(=O)N[C@@H](CC1CCNC1=O)CS(=O)(=O)OO. The molecule has 3 rings (SSSR count). The Morgan fingerprint density at radius 2 is 1.84 bits per heavy atom. The predicted octanol–water partition coefficient (Wildman–Crippen LogP) is 2.84. The number of alkyl carbamates (subject to hydrolysis) is 1. The molecule has 0 spiro atoms. The first-order chi connectivity index (χ1) is 20.1. The van der Waals surface area contributed by atoms with E-state index in [1.54, 1.807) is 45.0 Å². The highest BCUT2D eigenvalue weighted by atomic mass is 32.2. The Balaban J connectivity index is 1.72. The molecule has 15 heteroatoms. The molecule has 1 saturated heterocycles. The molecule has 0 aliphatic carbocycles. The summed E-state index contributed by atoms with van der Waals surface area (Å²) >= 11 is 0. The van der Waals surface area contributed by atoms with Gasteiger partial charge in [-0.3, -0.25) is 14.5 Å². The van der Waals surface area contributed by atoms with E-state index in [9.17, 15) is 27.6 Å². The van der Waals surface area contributed by atoms with Crippen LogP contribution < -0.4 is 20.9 Å². The van der Waals surface area contributed by atoms with Crippen molar-refractivity contribution in [2.24, 2.45) is 11.8 Å². The van der Waals surface area contributed by atoms with E-state index in [4.69, 9.17) is 14.7 Å². The van der Waals surface area contributed by atoms with Crippen molar-refractivity contribution in [3.05, 3.63) is 29.8 Å². The molecule has 14 nitrogen and oxygen atoms in total. The lowest BCUT2D eigenvalue weighted by Crippen LogP contribution is -2.52. The van der Waals surface area contributed by atoms with Gasteiger partial charge in [0.15, 0.2) is 0 Å². The molecule has 2 heterocycles. The van der Waals surface area contributed by atoms with Gasteiger partial charge in [0, 0.05) is 37.0 Å². The number of rotatable bonds is 11. The lowest BCUT2D eigenvalue weighted by atomic mass is 9.98. The fraction of sp³-hybridized carbons (Fsp3) is 0.643. The topological polar surface area (TPSA) is 190 Å². The zero-order chi connectivity index (χ0) is 31.9. The van der Waals surface area contributed by atoms with E-state index >= 15 is 0 Å². The zero-order valence-electron chi connectivity index (χ0n) is 25.1. The van der Waals surface area contributed by atoms with Gasteiger partial charge in [-0.25, -0.2) is 14.8 Å². The third kappa shape index (κ3) is 10.1. The molecule has 1 aromatic carbocycles. The van der Waals surface area contributed by atoms with Crippen LogP contribution in [0.3, 0.4) is 0 Å².